The number of carbonyl (C=O) groups excluding carboxylic acids is 1. The van der Waals surface area contributed by atoms with Gasteiger partial charge in [0.1, 0.15) is 0 Å². The number of nitrogens with zero attached hydrogens (tertiary/aromatic N) is 2. The SMILES string of the molecule is O=C(O)C1CN(C(=O)Cc2ccc([N+](=O)[O-])cc2Cl)CC1c1ccccc1. The van der Waals surface area contributed by atoms with Gasteiger partial charge in [0.25, 0.3) is 5.69 Å². The first-order valence-corrected chi connectivity index (χ1v) is 8.73. The van der Waals surface area contributed by atoms with Crippen molar-refractivity contribution in [2.24, 2.45) is 5.92 Å². The van der Waals surface area contributed by atoms with Gasteiger partial charge in [0.05, 0.1) is 22.3 Å². The molecule has 0 aromatic heterocycles. The summed E-state index contributed by atoms with van der Waals surface area (Å²) in [6, 6.07) is 13.2. The summed E-state index contributed by atoms with van der Waals surface area (Å²) in [6.07, 6.45) is -0.0370. The topological polar surface area (TPSA) is 101 Å². The molecule has 0 saturated carbocycles. The third kappa shape index (κ3) is 4.09. The second-order valence-electron chi connectivity index (χ2n) is 6.47. The van der Waals surface area contributed by atoms with E-state index < -0.39 is 16.8 Å². The van der Waals surface area contributed by atoms with Crippen molar-refractivity contribution in [3.8, 4) is 0 Å². The summed E-state index contributed by atoms with van der Waals surface area (Å²) in [7, 11) is 0. The molecular formula is C19H17ClN2O5. The van der Waals surface area contributed by atoms with E-state index in [0.29, 0.717) is 12.1 Å². The van der Waals surface area contributed by atoms with Crippen LogP contribution < -0.4 is 0 Å². The highest BCUT2D eigenvalue weighted by Gasteiger charge is 2.40. The Kier molecular flexibility index (Phi) is 5.41. The zero-order valence-electron chi connectivity index (χ0n) is 14.2. The quantitative estimate of drug-likeness (QED) is 0.626. The number of nitro benzene ring substituents is 1. The van der Waals surface area contributed by atoms with Crippen molar-refractivity contribution in [1.82, 2.24) is 4.90 Å². The summed E-state index contributed by atoms with van der Waals surface area (Å²) in [5.41, 5.74) is 1.21. The van der Waals surface area contributed by atoms with Crippen molar-refractivity contribution in [3.63, 3.8) is 0 Å². The first kappa shape index (κ1) is 18.8. The lowest BCUT2D eigenvalue weighted by atomic mass is 9.89. The van der Waals surface area contributed by atoms with E-state index in [1.165, 1.54) is 23.1 Å². The van der Waals surface area contributed by atoms with E-state index in [1.807, 2.05) is 30.3 Å². The molecule has 8 heteroatoms. The van der Waals surface area contributed by atoms with Crippen LogP contribution in [-0.4, -0.2) is 39.9 Å². The maximum Gasteiger partial charge on any atom is 0.308 e. The van der Waals surface area contributed by atoms with E-state index in [0.717, 1.165) is 5.56 Å². The van der Waals surface area contributed by atoms with E-state index in [2.05, 4.69) is 0 Å². The Morgan fingerprint density at radius 2 is 1.89 bits per heavy atom. The van der Waals surface area contributed by atoms with Crippen LogP contribution in [0.2, 0.25) is 5.02 Å². The molecule has 7 nitrogen and oxygen atoms in total. The molecule has 1 fully saturated rings. The molecule has 0 bridgehead atoms. The number of carbonyl (C=O) groups is 2. The number of benzene rings is 2. The standard InChI is InChI=1S/C19H17ClN2O5/c20-17-9-14(22(26)27)7-6-13(17)8-18(23)21-10-15(16(11-21)19(24)25)12-4-2-1-3-5-12/h1-7,9,15-16H,8,10-11H2,(H,24,25). The minimum absolute atomic E-state index is 0.0370. The number of hydrogen-bond donors (Lipinski definition) is 1. The monoisotopic (exact) mass is 388 g/mol. The van der Waals surface area contributed by atoms with Crippen LogP contribution in [0.25, 0.3) is 0 Å². The summed E-state index contributed by atoms with van der Waals surface area (Å²) in [5, 5.41) is 20.5. The lowest BCUT2D eigenvalue weighted by Crippen LogP contribution is -2.31. The average Bonchev–Trinajstić information content (AvgIpc) is 3.10. The first-order valence-electron chi connectivity index (χ1n) is 8.35. The molecule has 2 aromatic rings. The maximum absolute atomic E-state index is 12.7. The fourth-order valence-corrected chi connectivity index (χ4v) is 3.61. The molecular weight excluding hydrogens is 372 g/mol. The molecule has 1 aliphatic rings. The number of amides is 1. The molecule has 140 valence electrons. The second kappa shape index (κ2) is 7.75. The molecule has 27 heavy (non-hydrogen) atoms. The van der Waals surface area contributed by atoms with Crippen molar-refractivity contribution in [3.05, 3.63) is 74.8 Å². The zero-order valence-corrected chi connectivity index (χ0v) is 15.0. The van der Waals surface area contributed by atoms with Gasteiger partial charge in [0, 0.05) is 31.1 Å². The van der Waals surface area contributed by atoms with Crippen molar-refractivity contribution in [2.75, 3.05) is 13.1 Å². The predicted molar refractivity (Wildman–Crippen MR) is 98.7 cm³/mol. The Labute approximate surface area is 160 Å². The Morgan fingerprint density at radius 1 is 1.19 bits per heavy atom. The number of hydrogen-bond acceptors (Lipinski definition) is 4. The van der Waals surface area contributed by atoms with Crippen molar-refractivity contribution < 1.29 is 19.6 Å². The fraction of sp³-hybridized carbons (Fsp3) is 0.263. The summed E-state index contributed by atoms with van der Waals surface area (Å²) in [4.78, 5) is 36.1. The summed E-state index contributed by atoms with van der Waals surface area (Å²) >= 11 is 6.06. The third-order valence-electron chi connectivity index (χ3n) is 4.81. The van der Waals surface area contributed by atoms with E-state index in [-0.39, 0.29) is 35.5 Å². The van der Waals surface area contributed by atoms with Crippen LogP contribution in [0, 0.1) is 16.0 Å². The van der Waals surface area contributed by atoms with Gasteiger partial charge in [-0.05, 0) is 11.1 Å². The highest BCUT2D eigenvalue weighted by Crippen LogP contribution is 2.33. The number of likely N-dealkylation sites (tertiary alicyclic amines) is 1. The van der Waals surface area contributed by atoms with Gasteiger partial charge < -0.3 is 10.0 Å². The predicted octanol–water partition coefficient (Wildman–Crippen LogP) is 3.12. The number of aliphatic carboxylic acids is 1. The number of carboxylic acids is 1. The molecule has 1 saturated heterocycles. The van der Waals surface area contributed by atoms with Gasteiger partial charge in [0.15, 0.2) is 0 Å². The molecule has 1 N–H and O–H groups in total. The maximum atomic E-state index is 12.7. The van der Waals surface area contributed by atoms with Gasteiger partial charge in [-0.2, -0.15) is 0 Å². The van der Waals surface area contributed by atoms with Crippen molar-refractivity contribution in [1.29, 1.82) is 0 Å². The Hall–Kier alpha value is -2.93. The van der Waals surface area contributed by atoms with Gasteiger partial charge in [-0.25, -0.2) is 0 Å². The molecule has 1 amide bonds. The molecule has 2 unspecified atom stereocenters. The van der Waals surface area contributed by atoms with E-state index >= 15 is 0 Å². The van der Waals surface area contributed by atoms with Gasteiger partial charge in [-0.15, -0.1) is 0 Å². The van der Waals surface area contributed by atoms with E-state index in [9.17, 15) is 24.8 Å². The number of rotatable bonds is 5. The highest BCUT2D eigenvalue weighted by atomic mass is 35.5. The van der Waals surface area contributed by atoms with E-state index in [4.69, 9.17) is 11.6 Å². The van der Waals surface area contributed by atoms with Crippen LogP contribution in [0.5, 0.6) is 0 Å². The zero-order chi connectivity index (χ0) is 19.6. The Bertz CT molecular complexity index is 887. The fourth-order valence-electron chi connectivity index (χ4n) is 3.36. The smallest absolute Gasteiger partial charge is 0.308 e. The molecule has 1 heterocycles. The van der Waals surface area contributed by atoms with Crippen molar-refractivity contribution >= 4 is 29.2 Å². The number of carboxylic acid groups (broad SMARTS) is 1. The van der Waals surface area contributed by atoms with Crippen LogP contribution in [0.15, 0.2) is 48.5 Å². The van der Waals surface area contributed by atoms with Gasteiger partial charge in [-0.3, -0.25) is 19.7 Å². The van der Waals surface area contributed by atoms with Crippen molar-refractivity contribution in [2.45, 2.75) is 12.3 Å². The third-order valence-corrected chi connectivity index (χ3v) is 5.16. The Morgan fingerprint density at radius 3 is 2.48 bits per heavy atom. The lowest BCUT2D eigenvalue weighted by Gasteiger charge is -2.17. The van der Waals surface area contributed by atoms with Gasteiger partial charge in [0.2, 0.25) is 5.91 Å². The molecule has 0 radical (unpaired) electrons. The summed E-state index contributed by atoms with van der Waals surface area (Å²) < 4.78 is 0. The minimum Gasteiger partial charge on any atom is -0.481 e. The van der Waals surface area contributed by atoms with Crippen LogP contribution >= 0.6 is 11.6 Å². The first-order chi connectivity index (χ1) is 12.9. The van der Waals surface area contributed by atoms with Crippen LogP contribution in [0.1, 0.15) is 17.0 Å². The molecule has 2 atom stereocenters. The van der Waals surface area contributed by atoms with Crippen LogP contribution in [-0.2, 0) is 16.0 Å². The molecule has 2 aromatic carbocycles. The summed E-state index contributed by atoms with van der Waals surface area (Å²) in [6.45, 7) is 0.433. The molecule has 1 aliphatic heterocycles. The average molecular weight is 389 g/mol. The lowest BCUT2D eigenvalue weighted by molar-refractivity contribution is -0.384. The number of nitro groups is 1. The highest BCUT2D eigenvalue weighted by molar-refractivity contribution is 6.31. The van der Waals surface area contributed by atoms with Gasteiger partial charge in [-0.1, -0.05) is 48.0 Å². The van der Waals surface area contributed by atoms with Crippen LogP contribution in [0.4, 0.5) is 5.69 Å². The summed E-state index contributed by atoms with van der Waals surface area (Å²) in [5.74, 6) is -2.15. The molecule has 0 spiro atoms. The number of halogens is 1. The largest absolute Gasteiger partial charge is 0.481 e. The number of non-ortho nitro benzene ring substituents is 1. The second-order valence-corrected chi connectivity index (χ2v) is 6.88. The molecule has 0 aliphatic carbocycles. The van der Waals surface area contributed by atoms with Crippen LogP contribution in [0.3, 0.4) is 0 Å². The Balaban J connectivity index is 1.76. The van der Waals surface area contributed by atoms with E-state index in [1.54, 1.807) is 0 Å². The van der Waals surface area contributed by atoms with Gasteiger partial charge >= 0.3 is 5.97 Å². The molecule has 3 rings (SSSR count). The normalized spacial score (nSPS) is 19.1. The minimum atomic E-state index is -0.937.